The summed E-state index contributed by atoms with van der Waals surface area (Å²) in [6.45, 7) is 0.660. The van der Waals surface area contributed by atoms with Crippen molar-refractivity contribution in [2.24, 2.45) is 0 Å². The van der Waals surface area contributed by atoms with Crippen molar-refractivity contribution in [1.29, 1.82) is 0 Å². The van der Waals surface area contributed by atoms with Crippen LogP contribution in [0.4, 0.5) is 18.9 Å². The molecule has 0 bridgehead atoms. The number of alkyl halides is 3. The molecule has 1 fully saturated rings. The lowest BCUT2D eigenvalue weighted by molar-refractivity contribution is -0.385. The fraction of sp³-hybridized carbons (Fsp3) is 0.588. The van der Waals surface area contributed by atoms with E-state index in [1.165, 1.54) is 22.7 Å². The van der Waals surface area contributed by atoms with E-state index in [1.807, 2.05) is 0 Å². The first-order chi connectivity index (χ1) is 14.2. The van der Waals surface area contributed by atoms with Gasteiger partial charge >= 0.3 is 17.7 Å². The molecule has 164 valence electrons. The van der Waals surface area contributed by atoms with Crippen molar-refractivity contribution >= 4 is 11.6 Å². The number of aryl methyl sites for hydroxylation is 2. The Morgan fingerprint density at radius 3 is 2.67 bits per heavy atom. The van der Waals surface area contributed by atoms with Gasteiger partial charge in [0.2, 0.25) is 5.91 Å². The first-order valence-corrected chi connectivity index (χ1v) is 9.36. The maximum absolute atomic E-state index is 12.9. The van der Waals surface area contributed by atoms with E-state index >= 15 is 0 Å². The van der Waals surface area contributed by atoms with Gasteiger partial charge in [0.15, 0.2) is 5.69 Å². The van der Waals surface area contributed by atoms with Crippen LogP contribution >= 0.6 is 0 Å². The number of amides is 1. The van der Waals surface area contributed by atoms with Crippen molar-refractivity contribution < 1.29 is 27.6 Å². The van der Waals surface area contributed by atoms with Gasteiger partial charge in [-0.1, -0.05) is 0 Å². The number of carbonyl (C=O) groups excluding carboxylic acids is 1. The van der Waals surface area contributed by atoms with Crippen LogP contribution in [0.25, 0.3) is 0 Å². The molecule has 0 radical (unpaired) electrons. The Labute approximate surface area is 169 Å². The molecule has 0 saturated heterocycles. The molecule has 1 aliphatic carbocycles. The van der Waals surface area contributed by atoms with E-state index in [0.29, 0.717) is 12.1 Å². The molecule has 1 saturated carbocycles. The van der Waals surface area contributed by atoms with Crippen molar-refractivity contribution in [2.45, 2.75) is 50.9 Å². The molecule has 0 aromatic carbocycles. The fourth-order valence-corrected chi connectivity index (χ4v) is 3.00. The van der Waals surface area contributed by atoms with Crippen molar-refractivity contribution in [3.8, 4) is 5.88 Å². The Morgan fingerprint density at radius 2 is 2.10 bits per heavy atom. The van der Waals surface area contributed by atoms with Crippen LogP contribution in [-0.2, 0) is 24.1 Å². The van der Waals surface area contributed by atoms with E-state index in [9.17, 15) is 28.1 Å². The quantitative estimate of drug-likeness (QED) is 0.352. The van der Waals surface area contributed by atoms with Gasteiger partial charge in [0.25, 0.3) is 0 Å². The normalized spacial score (nSPS) is 14.0. The van der Waals surface area contributed by atoms with E-state index in [0.717, 1.165) is 18.9 Å². The van der Waals surface area contributed by atoms with Gasteiger partial charge in [-0.15, -0.1) is 5.10 Å². The van der Waals surface area contributed by atoms with Gasteiger partial charge in [-0.05, 0) is 25.3 Å². The van der Waals surface area contributed by atoms with Gasteiger partial charge < -0.3 is 10.1 Å². The van der Waals surface area contributed by atoms with Gasteiger partial charge in [0.1, 0.15) is 6.20 Å². The fourth-order valence-electron chi connectivity index (χ4n) is 3.00. The minimum absolute atomic E-state index is 0.0370. The monoisotopic (exact) mass is 430 g/mol. The average molecular weight is 430 g/mol. The highest BCUT2D eigenvalue weighted by atomic mass is 19.4. The number of rotatable bonds is 10. The van der Waals surface area contributed by atoms with Crippen LogP contribution in [0.15, 0.2) is 12.3 Å². The molecular formula is C17H21F3N6O4. The minimum Gasteiger partial charge on any atom is -0.475 e. The number of halogens is 3. The van der Waals surface area contributed by atoms with E-state index < -0.39 is 16.8 Å². The predicted molar refractivity (Wildman–Crippen MR) is 96.9 cm³/mol. The molecule has 1 aliphatic rings. The average Bonchev–Trinajstić information content (AvgIpc) is 3.27. The first kappa shape index (κ1) is 21.6. The molecule has 2 aromatic rings. The van der Waals surface area contributed by atoms with Crippen molar-refractivity contribution in [1.82, 2.24) is 24.9 Å². The van der Waals surface area contributed by atoms with Crippen LogP contribution in [-0.4, -0.2) is 44.0 Å². The largest absolute Gasteiger partial charge is 0.475 e. The van der Waals surface area contributed by atoms with Crippen LogP contribution in [0.5, 0.6) is 5.88 Å². The van der Waals surface area contributed by atoms with Crippen LogP contribution in [0, 0.1) is 10.1 Å². The predicted octanol–water partition coefficient (Wildman–Crippen LogP) is 2.49. The molecule has 1 N–H and O–H groups in total. The summed E-state index contributed by atoms with van der Waals surface area (Å²) in [5.41, 5.74) is -0.595. The number of nitro groups is 1. The molecule has 2 heterocycles. The zero-order chi connectivity index (χ0) is 21.9. The van der Waals surface area contributed by atoms with E-state index in [2.05, 4.69) is 15.5 Å². The van der Waals surface area contributed by atoms with Crippen molar-refractivity contribution in [3.63, 3.8) is 0 Å². The molecule has 0 unspecified atom stereocenters. The maximum atomic E-state index is 12.9. The lowest BCUT2D eigenvalue weighted by Crippen LogP contribution is -2.26. The lowest BCUT2D eigenvalue weighted by atomic mass is 10.2. The zero-order valence-electron chi connectivity index (χ0n) is 16.2. The number of nitrogens with one attached hydrogen (secondary N) is 1. The highest BCUT2D eigenvalue weighted by Gasteiger charge is 2.37. The number of nitrogens with zero attached hydrogens (tertiary/aromatic N) is 5. The molecule has 30 heavy (non-hydrogen) atoms. The Hall–Kier alpha value is -3.12. The summed E-state index contributed by atoms with van der Waals surface area (Å²) < 4.78 is 46.1. The highest BCUT2D eigenvalue weighted by Crippen LogP contribution is 2.42. The third-order valence-electron chi connectivity index (χ3n) is 4.63. The number of methoxy groups -OCH3 is 1. The van der Waals surface area contributed by atoms with Crippen LogP contribution in [0.1, 0.15) is 43.0 Å². The van der Waals surface area contributed by atoms with Crippen LogP contribution < -0.4 is 10.1 Å². The third-order valence-corrected chi connectivity index (χ3v) is 4.63. The standard InChI is InChI=1S/C17H21F3N6O4/c1-30-16-13(26(28)29)10-24(23-16)8-5-15(27)21-6-2-7-25-12(11-3-4-11)9-14(22-25)17(18,19)20/h9-11H,2-8H2,1H3,(H,21,27). The Kier molecular flexibility index (Phi) is 6.27. The Bertz CT molecular complexity index is 919. The zero-order valence-corrected chi connectivity index (χ0v) is 16.2. The molecule has 2 aromatic heterocycles. The SMILES string of the molecule is COc1nn(CCC(=O)NCCCn2nc(C(F)(F)F)cc2C2CC2)cc1[N+](=O)[O-]. The molecule has 3 rings (SSSR count). The summed E-state index contributed by atoms with van der Waals surface area (Å²) >= 11 is 0. The summed E-state index contributed by atoms with van der Waals surface area (Å²) in [6.07, 6.45) is -1.12. The topological polar surface area (TPSA) is 117 Å². The van der Waals surface area contributed by atoms with E-state index in [4.69, 9.17) is 4.74 Å². The lowest BCUT2D eigenvalue weighted by Gasteiger charge is -2.08. The summed E-state index contributed by atoms with van der Waals surface area (Å²) in [4.78, 5) is 22.2. The first-order valence-electron chi connectivity index (χ1n) is 9.36. The van der Waals surface area contributed by atoms with E-state index in [-0.39, 0.29) is 49.4 Å². The second-order valence-electron chi connectivity index (χ2n) is 6.95. The molecule has 0 spiro atoms. The van der Waals surface area contributed by atoms with Gasteiger partial charge in [-0.3, -0.25) is 24.3 Å². The van der Waals surface area contributed by atoms with Crippen LogP contribution in [0.2, 0.25) is 0 Å². The van der Waals surface area contributed by atoms with Gasteiger partial charge in [-0.2, -0.15) is 18.3 Å². The van der Waals surface area contributed by atoms with Crippen molar-refractivity contribution in [3.05, 3.63) is 33.8 Å². The number of aromatic nitrogens is 4. The highest BCUT2D eigenvalue weighted by molar-refractivity contribution is 5.75. The number of carbonyl (C=O) groups is 1. The summed E-state index contributed by atoms with van der Waals surface area (Å²) in [5.74, 6) is -0.311. The Morgan fingerprint density at radius 1 is 1.37 bits per heavy atom. The molecule has 1 amide bonds. The number of hydrogen-bond acceptors (Lipinski definition) is 6. The molecule has 0 atom stereocenters. The van der Waals surface area contributed by atoms with Gasteiger partial charge in [0, 0.05) is 31.1 Å². The van der Waals surface area contributed by atoms with Crippen LogP contribution in [0.3, 0.4) is 0 Å². The minimum atomic E-state index is -4.48. The second-order valence-corrected chi connectivity index (χ2v) is 6.95. The number of hydrogen-bond donors (Lipinski definition) is 1. The molecular weight excluding hydrogens is 409 g/mol. The molecule has 13 heteroatoms. The van der Waals surface area contributed by atoms with Gasteiger partial charge in [-0.25, -0.2) is 0 Å². The molecule has 10 nitrogen and oxygen atoms in total. The number of ether oxygens (including phenoxy) is 1. The van der Waals surface area contributed by atoms with Gasteiger partial charge in [0.05, 0.1) is 18.6 Å². The summed E-state index contributed by atoms with van der Waals surface area (Å²) in [7, 11) is 1.26. The summed E-state index contributed by atoms with van der Waals surface area (Å²) in [6, 6.07) is 1.10. The smallest absolute Gasteiger partial charge is 0.435 e. The maximum Gasteiger partial charge on any atom is 0.435 e. The molecule has 0 aliphatic heterocycles. The summed E-state index contributed by atoms with van der Waals surface area (Å²) in [5, 5.41) is 21.1. The Balaban J connectivity index is 1.44. The van der Waals surface area contributed by atoms with E-state index in [1.54, 1.807) is 0 Å². The van der Waals surface area contributed by atoms with Crippen molar-refractivity contribution in [2.75, 3.05) is 13.7 Å². The second kappa shape index (κ2) is 8.71. The third kappa shape index (κ3) is 5.27.